The van der Waals surface area contributed by atoms with Crippen molar-refractivity contribution in [3.63, 3.8) is 0 Å². The molecule has 8 heteroatoms. The largest absolute Gasteiger partial charge is 0.381 e. The summed E-state index contributed by atoms with van der Waals surface area (Å²) in [5.41, 5.74) is 0.439. The Morgan fingerprint density at radius 2 is 2.24 bits per heavy atom. The van der Waals surface area contributed by atoms with Crippen molar-refractivity contribution in [2.45, 2.75) is 39.3 Å². The lowest BCUT2D eigenvalue weighted by Gasteiger charge is -2.28. The van der Waals surface area contributed by atoms with Gasteiger partial charge in [0.05, 0.1) is 24.5 Å². The lowest BCUT2D eigenvalue weighted by Crippen LogP contribution is -2.40. The minimum atomic E-state index is -0.353. The molecule has 0 bridgehead atoms. The summed E-state index contributed by atoms with van der Waals surface area (Å²) >= 11 is 1.42. The minimum Gasteiger partial charge on any atom is -0.381 e. The number of rotatable bonds is 3. The van der Waals surface area contributed by atoms with E-state index in [4.69, 9.17) is 4.74 Å². The van der Waals surface area contributed by atoms with Crippen LogP contribution in [0.2, 0.25) is 0 Å². The van der Waals surface area contributed by atoms with Gasteiger partial charge in [-0.2, -0.15) is 0 Å². The standard InChI is InChI=1S/C17H21N3O4S/c1-2-5-20-16(22)13-11-3-6-19(15(21)10-4-7-24-9-10)8-12(11)25-14(13)18-17(20)23/h10H,2-9H2,1H3,(H,18,23)/t10-/m0/s1. The Balaban J connectivity index is 1.71. The van der Waals surface area contributed by atoms with Gasteiger partial charge in [-0.15, -0.1) is 11.3 Å². The second-order valence-corrected chi connectivity index (χ2v) is 7.77. The van der Waals surface area contributed by atoms with E-state index in [2.05, 4.69) is 4.98 Å². The molecule has 1 amide bonds. The van der Waals surface area contributed by atoms with E-state index in [1.165, 1.54) is 15.9 Å². The number of hydrogen-bond acceptors (Lipinski definition) is 5. The molecule has 4 rings (SSSR count). The quantitative estimate of drug-likeness (QED) is 0.884. The maximum Gasteiger partial charge on any atom is 0.329 e. The highest BCUT2D eigenvalue weighted by molar-refractivity contribution is 7.18. The molecule has 2 aliphatic rings. The summed E-state index contributed by atoms with van der Waals surface area (Å²) in [5.74, 6) is 0.0926. The van der Waals surface area contributed by atoms with Gasteiger partial charge in [-0.1, -0.05) is 6.92 Å². The molecule has 0 spiro atoms. The number of fused-ring (bicyclic) bond motifs is 3. The van der Waals surface area contributed by atoms with Gasteiger partial charge in [0.15, 0.2) is 0 Å². The first-order valence-corrected chi connectivity index (χ1v) is 9.55. The van der Waals surface area contributed by atoms with Gasteiger partial charge >= 0.3 is 5.69 Å². The third-order valence-corrected chi connectivity index (χ3v) is 6.15. The predicted octanol–water partition coefficient (Wildman–Crippen LogP) is 1.08. The third-order valence-electron chi connectivity index (χ3n) is 5.02. The van der Waals surface area contributed by atoms with Crippen LogP contribution in [0, 0.1) is 5.92 Å². The second-order valence-electron chi connectivity index (χ2n) is 6.67. The zero-order valence-electron chi connectivity index (χ0n) is 14.2. The number of aromatic nitrogens is 2. The SMILES string of the molecule is CCCn1c(=O)[nH]c2sc3c(c2c1=O)CCN(C(=O)[C@H]1CCOC1)C3. The van der Waals surface area contributed by atoms with Crippen LogP contribution in [0.4, 0.5) is 0 Å². The fraction of sp³-hybridized carbons (Fsp3) is 0.588. The third kappa shape index (κ3) is 2.73. The van der Waals surface area contributed by atoms with Gasteiger partial charge in [-0.3, -0.25) is 19.1 Å². The first-order valence-electron chi connectivity index (χ1n) is 8.74. The normalized spacial score (nSPS) is 20.2. The van der Waals surface area contributed by atoms with Gasteiger partial charge in [0.2, 0.25) is 5.91 Å². The number of thiophene rings is 1. The van der Waals surface area contributed by atoms with Gasteiger partial charge in [0, 0.05) is 24.6 Å². The van der Waals surface area contributed by atoms with Crippen molar-refractivity contribution in [2.24, 2.45) is 5.92 Å². The van der Waals surface area contributed by atoms with Crippen LogP contribution in [-0.2, 0) is 29.0 Å². The number of carbonyl (C=O) groups is 1. The number of hydrogen-bond donors (Lipinski definition) is 1. The van der Waals surface area contributed by atoms with Crippen LogP contribution in [-0.4, -0.2) is 40.1 Å². The average Bonchev–Trinajstić information content (AvgIpc) is 3.24. The molecular formula is C17H21N3O4S. The van der Waals surface area contributed by atoms with Gasteiger partial charge in [0.1, 0.15) is 4.83 Å². The van der Waals surface area contributed by atoms with E-state index in [-0.39, 0.29) is 23.1 Å². The lowest BCUT2D eigenvalue weighted by molar-refractivity contribution is -0.136. The molecule has 4 heterocycles. The Kier molecular flexibility index (Phi) is 4.24. The van der Waals surface area contributed by atoms with E-state index < -0.39 is 0 Å². The average molecular weight is 363 g/mol. The Bertz CT molecular complexity index is 936. The van der Waals surface area contributed by atoms with E-state index in [0.29, 0.717) is 49.5 Å². The molecular weight excluding hydrogens is 342 g/mol. The number of ether oxygens (including phenoxy) is 1. The van der Waals surface area contributed by atoms with Crippen molar-refractivity contribution in [3.8, 4) is 0 Å². The zero-order chi connectivity index (χ0) is 17.6. The Hall–Kier alpha value is -1.93. The first kappa shape index (κ1) is 16.5. The molecule has 7 nitrogen and oxygen atoms in total. The van der Waals surface area contributed by atoms with Crippen LogP contribution in [0.15, 0.2) is 9.59 Å². The van der Waals surface area contributed by atoms with Crippen molar-refractivity contribution >= 4 is 27.5 Å². The van der Waals surface area contributed by atoms with Gasteiger partial charge in [-0.25, -0.2) is 4.79 Å². The maximum atomic E-state index is 12.7. The van der Waals surface area contributed by atoms with Crippen LogP contribution in [0.3, 0.4) is 0 Å². The van der Waals surface area contributed by atoms with Crippen LogP contribution in [0.1, 0.15) is 30.2 Å². The molecule has 0 saturated carbocycles. The number of H-pyrrole nitrogens is 1. The molecule has 25 heavy (non-hydrogen) atoms. The van der Waals surface area contributed by atoms with Crippen LogP contribution >= 0.6 is 11.3 Å². The maximum absolute atomic E-state index is 12.7. The Labute approximate surface area is 148 Å². The zero-order valence-corrected chi connectivity index (χ0v) is 15.0. The molecule has 2 aliphatic heterocycles. The van der Waals surface area contributed by atoms with E-state index in [1.54, 1.807) is 0 Å². The van der Waals surface area contributed by atoms with Crippen molar-refractivity contribution in [1.82, 2.24) is 14.5 Å². The van der Waals surface area contributed by atoms with Gasteiger partial charge in [0.25, 0.3) is 5.56 Å². The molecule has 1 saturated heterocycles. The summed E-state index contributed by atoms with van der Waals surface area (Å²) in [6.07, 6.45) is 2.16. The minimum absolute atomic E-state index is 0.0440. The molecule has 1 atom stereocenters. The number of carbonyl (C=O) groups excluding carboxylic acids is 1. The van der Waals surface area contributed by atoms with Crippen molar-refractivity contribution in [2.75, 3.05) is 19.8 Å². The van der Waals surface area contributed by atoms with E-state index in [0.717, 1.165) is 23.3 Å². The summed E-state index contributed by atoms with van der Waals surface area (Å²) in [6, 6.07) is 0. The molecule has 0 aliphatic carbocycles. The van der Waals surface area contributed by atoms with Crippen LogP contribution in [0.5, 0.6) is 0 Å². The summed E-state index contributed by atoms with van der Waals surface area (Å²) in [6.45, 7) is 4.64. The highest BCUT2D eigenvalue weighted by atomic mass is 32.1. The van der Waals surface area contributed by atoms with E-state index in [9.17, 15) is 14.4 Å². The smallest absolute Gasteiger partial charge is 0.329 e. The number of amides is 1. The first-order chi connectivity index (χ1) is 12.1. The van der Waals surface area contributed by atoms with E-state index >= 15 is 0 Å². The molecule has 1 N–H and O–H groups in total. The van der Waals surface area contributed by atoms with Crippen molar-refractivity contribution in [3.05, 3.63) is 31.3 Å². The molecule has 2 aromatic rings. The second kappa shape index (κ2) is 6.42. The monoisotopic (exact) mass is 363 g/mol. The number of aromatic amines is 1. The Morgan fingerprint density at radius 1 is 1.40 bits per heavy atom. The lowest BCUT2D eigenvalue weighted by atomic mass is 10.0. The molecule has 134 valence electrons. The highest BCUT2D eigenvalue weighted by Gasteiger charge is 2.32. The predicted molar refractivity (Wildman–Crippen MR) is 95.0 cm³/mol. The fourth-order valence-electron chi connectivity index (χ4n) is 3.71. The highest BCUT2D eigenvalue weighted by Crippen LogP contribution is 2.32. The summed E-state index contributed by atoms with van der Waals surface area (Å²) in [5, 5.41) is 0.629. The molecule has 0 aromatic carbocycles. The van der Waals surface area contributed by atoms with Gasteiger partial charge < -0.3 is 9.64 Å². The Morgan fingerprint density at radius 3 is 2.96 bits per heavy atom. The molecule has 0 radical (unpaired) electrons. The summed E-state index contributed by atoms with van der Waals surface area (Å²) in [7, 11) is 0. The van der Waals surface area contributed by atoms with Crippen LogP contribution < -0.4 is 11.2 Å². The molecule has 0 unspecified atom stereocenters. The van der Waals surface area contributed by atoms with Crippen molar-refractivity contribution in [1.29, 1.82) is 0 Å². The van der Waals surface area contributed by atoms with Gasteiger partial charge in [-0.05, 0) is 24.8 Å². The summed E-state index contributed by atoms with van der Waals surface area (Å²) in [4.78, 5) is 43.8. The van der Waals surface area contributed by atoms with Crippen molar-refractivity contribution < 1.29 is 9.53 Å². The topological polar surface area (TPSA) is 84.4 Å². The molecule has 2 aromatic heterocycles. The molecule has 1 fully saturated rings. The van der Waals surface area contributed by atoms with Crippen LogP contribution in [0.25, 0.3) is 10.2 Å². The summed E-state index contributed by atoms with van der Waals surface area (Å²) < 4.78 is 6.60. The number of nitrogens with zero attached hydrogens (tertiary/aromatic N) is 2. The fourth-order valence-corrected chi connectivity index (χ4v) is 4.96. The van der Waals surface area contributed by atoms with E-state index in [1.807, 2.05) is 11.8 Å². The number of nitrogens with one attached hydrogen (secondary N) is 1.